The zero-order valence-corrected chi connectivity index (χ0v) is 20.4. The lowest BCUT2D eigenvalue weighted by atomic mass is 9.92. The van der Waals surface area contributed by atoms with Gasteiger partial charge in [-0.25, -0.2) is 0 Å². The molecule has 0 spiro atoms. The van der Waals surface area contributed by atoms with Gasteiger partial charge in [-0.05, 0) is 66.3 Å². The molecule has 0 fully saturated rings. The third kappa shape index (κ3) is 6.85. The standard InChI is InChI=1S/C29H35NO3/c1-20(2)26-8-6-9-27(21(3)4)28(26)30-29(31)23-12-16-25(17-13-23)33-19-7-18-32-24-14-10-22(5)11-15-24/h6,8-17,20-21H,7,18-19H2,1-5H3,(H,30,31). The Labute approximate surface area is 197 Å². The number of carbonyl (C=O) groups is 1. The number of rotatable bonds is 10. The van der Waals surface area contributed by atoms with Crippen LogP contribution in [0.3, 0.4) is 0 Å². The molecule has 0 unspecified atom stereocenters. The summed E-state index contributed by atoms with van der Waals surface area (Å²) in [4.78, 5) is 13.0. The summed E-state index contributed by atoms with van der Waals surface area (Å²) in [6.45, 7) is 11.8. The van der Waals surface area contributed by atoms with Gasteiger partial charge >= 0.3 is 0 Å². The maximum absolute atomic E-state index is 13.0. The minimum Gasteiger partial charge on any atom is -0.493 e. The molecule has 0 radical (unpaired) electrons. The third-order valence-corrected chi connectivity index (χ3v) is 5.58. The second kappa shape index (κ2) is 11.6. The first-order valence-corrected chi connectivity index (χ1v) is 11.7. The van der Waals surface area contributed by atoms with Gasteiger partial charge in [0, 0.05) is 17.7 Å². The van der Waals surface area contributed by atoms with Gasteiger partial charge in [0.2, 0.25) is 0 Å². The van der Waals surface area contributed by atoms with Gasteiger partial charge in [0.05, 0.1) is 13.2 Å². The zero-order chi connectivity index (χ0) is 23.8. The Morgan fingerprint density at radius 2 is 1.24 bits per heavy atom. The molecule has 0 atom stereocenters. The van der Waals surface area contributed by atoms with E-state index in [1.165, 1.54) is 5.56 Å². The van der Waals surface area contributed by atoms with Crippen LogP contribution in [0, 0.1) is 6.92 Å². The number of aryl methyl sites for hydroxylation is 1. The van der Waals surface area contributed by atoms with E-state index in [1.807, 2.05) is 36.4 Å². The minimum atomic E-state index is -0.108. The van der Waals surface area contributed by atoms with Gasteiger partial charge in [0.1, 0.15) is 11.5 Å². The van der Waals surface area contributed by atoms with Crippen molar-refractivity contribution in [3.63, 3.8) is 0 Å². The molecular formula is C29H35NO3. The van der Waals surface area contributed by atoms with Crippen molar-refractivity contribution in [2.24, 2.45) is 0 Å². The number of carbonyl (C=O) groups excluding carboxylic acids is 1. The van der Waals surface area contributed by atoms with Crippen LogP contribution >= 0.6 is 0 Å². The predicted molar refractivity (Wildman–Crippen MR) is 136 cm³/mol. The smallest absolute Gasteiger partial charge is 0.255 e. The molecule has 0 heterocycles. The van der Waals surface area contributed by atoms with E-state index in [9.17, 15) is 4.79 Å². The second-order valence-corrected chi connectivity index (χ2v) is 8.96. The van der Waals surface area contributed by atoms with Crippen molar-refractivity contribution in [3.05, 3.63) is 89.0 Å². The normalized spacial score (nSPS) is 11.0. The van der Waals surface area contributed by atoms with E-state index in [1.54, 1.807) is 12.1 Å². The summed E-state index contributed by atoms with van der Waals surface area (Å²) in [5.74, 6) is 2.15. The molecule has 174 valence electrons. The van der Waals surface area contributed by atoms with Crippen LogP contribution in [-0.4, -0.2) is 19.1 Å². The van der Waals surface area contributed by atoms with Gasteiger partial charge in [0.25, 0.3) is 5.91 Å². The Bertz CT molecular complexity index is 1010. The quantitative estimate of drug-likeness (QED) is 0.332. The Morgan fingerprint density at radius 3 is 1.73 bits per heavy atom. The molecule has 4 heteroatoms. The Hall–Kier alpha value is -3.27. The number of nitrogens with one attached hydrogen (secondary N) is 1. The maximum atomic E-state index is 13.0. The Kier molecular flexibility index (Phi) is 8.53. The molecule has 0 saturated carbocycles. The number of hydrogen-bond acceptors (Lipinski definition) is 3. The number of anilines is 1. The number of hydrogen-bond donors (Lipinski definition) is 1. The fourth-order valence-electron chi connectivity index (χ4n) is 3.66. The van der Waals surface area contributed by atoms with Gasteiger partial charge in [-0.2, -0.15) is 0 Å². The van der Waals surface area contributed by atoms with Crippen LogP contribution in [-0.2, 0) is 0 Å². The van der Waals surface area contributed by atoms with Crippen LogP contribution in [0.4, 0.5) is 5.69 Å². The molecule has 0 aromatic heterocycles. The van der Waals surface area contributed by atoms with Crippen molar-refractivity contribution >= 4 is 11.6 Å². The Morgan fingerprint density at radius 1 is 0.758 bits per heavy atom. The SMILES string of the molecule is Cc1ccc(OCCCOc2ccc(C(=O)Nc3c(C(C)C)cccc3C(C)C)cc2)cc1. The van der Waals surface area contributed by atoms with Crippen LogP contribution < -0.4 is 14.8 Å². The van der Waals surface area contributed by atoms with Crippen LogP contribution in [0.15, 0.2) is 66.7 Å². The van der Waals surface area contributed by atoms with E-state index in [0.29, 0.717) is 30.6 Å². The lowest BCUT2D eigenvalue weighted by molar-refractivity contribution is 0.102. The number of para-hydroxylation sites is 1. The fourth-order valence-corrected chi connectivity index (χ4v) is 3.66. The van der Waals surface area contributed by atoms with Gasteiger partial charge in [-0.1, -0.05) is 63.6 Å². The Balaban J connectivity index is 1.54. The van der Waals surface area contributed by atoms with Crippen molar-refractivity contribution in [2.75, 3.05) is 18.5 Å². The van der Waals surface area contributed by atoms with Gasteiger partial charge in [-0.15, -0.1) is 0 Å². The van der Waals surface area contributed by atoms with E-state index in [0.717, 1.165) is 34.7 Å². The molecule has 1 N–H and O–H groups in total. The molecule has 0 saturated heterocycles. The number of ether oxygens (including phenoxy) is 2. The first kappa shape index (κ1) is 24.4. The van der Waals surface area contributed by atoms with Crippen molar-refractivity contribution < 1.29 is 14.3 Å². The highest BCUT2D eigenvalue weighted by Crippen LogP contribution is 2.32. The fraction of sp³-hybridized carbons (Fsp3) is 0.345. The summed E-state index contributed by atoms with van der Waals surface area (Å²) in [5, 5.41) is 3.16. The highest BCUT2D eigenvalue weighted by Gasteiger charge is 2.16. The van der Waals surface area contributed by atoms with Crippen LogP contribution in [0.2, 0.25) is 0 Å². The van der Waals surface area contributed by atoms with E-state index in [-0.39, 0.29) is 5.91 Å². The molecule has 33 heavy (non-hydrogen) atoms. The molecule has 0 aliphatic heterocycles. The summed E-state index contributed by atoms with van der Waals surface area (Å²) in [7, 11) is 0. The van der Waals surface area contributed by atoms with E-state index in [4.69, 9.17) is 9.47 Å². The first-order chi connectivity index (χ1) is 15.8. The van der Waals surface area contributed by atoms with E-state index in [2.05, 4.69) is 58.1 Å². The predicted octanol–water partition coefficient (Wildman–Crippen LogP) is 7.34. The summed E-state index contributed by atoms with van der Waals surface area (Å²) in [5.41, 5.74) is 5.07. The van der Waals surface area contributed by atoms with E-state index >= 15 is 0 Å². The third-order valence-electron chi connectivity index (χ3n) is 5.58. The zero-order valence-electron chi connectivity index (χ0n) is 20.4. The van der Waals surface area contributed by atoms with Crippen LogP contribution in [0.1, 0.15) is 73.0 Å². The topological polar surface area (TPSA) is 47.6 Å². The molecule has 0 bridgehead atoms. The molecular weight excluding hydrogens is 410 g/mol. The molecule has 0 aliphatic rings. The molecule has 4 nitrogen and oxygen atoms in total. The molecule has 3 aromatic rings. The van der Waals surface area contributed by atoms with E-state index < -0.39 is 0 Å². The highest BCUT2D eigenvalue weighted by atomic mass is 16.5. The van der Waals surface area contributed by atoms with Crippen molar-refractivity contribution in [3.8, 4) is 11.5 Å². The van der Waals surface area contributed by atoms with Crippen molar-refractivity contribution in [2.45, 2.75) is 52.9 Å². The number of amides is 1. The van der Waals surface area contributed by atoms with Crippen LogP contribution in [0.5, 0.6) is 11.5 Å². The highest BCUT2D eigenvalue weighted by molar-refractivity contribution is 6.05. The molecule has 0 aliphatic carbocycles. The minimum absolute atomic E-state index is 0.108. The van der Waals surface area contributed by atoms with Crippen molar-refractivity contribution in [1.29, 1.82) is 0 Å². The molecule has 3 rings (SSSR count). The number of benzene rings is 3. The average Bonchev–Trinajstić information content (AvgIpc) is 2.80. The average molecular weight is 446 g/mol. The monoisotopic (exact) mass is 445 g/mol. The summed E-state index contributed by atoms with van der Waals surface area (Å²) in [6, 6.07) is 21.6. The maximum Gasteiger partial charge on any atom is 0.255 e. The molecule has 3 aromatic carbocycles. The van der Waals surface area contributed by atoms with Crippen molar-refractivity contribution in [1.82, 2.24) is 0 Å². The lowest BCUT2D eigenvalue weighted by Gasteiger charge is -2.20. The second-order valence-electron chi connectivity index (χ2n) is 8.96. The first-order valence-electron chi connectivity index (χ1n) is 11.7. The van der Waals surface area contributed by atoms with Crippen LogP contribution in [0.25, 0.3) is 0 Å². The van der Waals surface area contributed by atoms with Gasteiger partial charge < -0.3 is 14.8 Å². The van der Waals surface area contributed by atoms with Gasteiger partial charge in [0.15, 0.2) is 0 Å². The molecule has 1 amide bonds. The summed E-state index contributed by atoms with van der Waals surface area (Å²) in [6.07, 6.45) is 0.778. The largest absolute Gasteiger partial charge is 0.493 e. The lowest BCUT2D eigenvalue weighted by Crippen LogP contribution is -2.16. The van der Waals surface area contributed by atoms with Gasteiger partial charge in [-0.3, -0.25) is 4.79 Å². The summed E-state index contributed by atoms with van der Waals surface area (Å²) >= 11 is 0. The summed E-state index contributed by atoms with van der Waals surface area (Å²) < 4.78 is 11.5.